The number of aliphatic hydroxyl groups excluding tert-OH is 3. The fourth-order valence-corrected chi connectivity index (χ4v) is 10.0. The van der Waals surface area contributed by atoms with Gasteiger partial charge < -0.3 is 34.3 Å². The molecule has 1 aliphatic rings. The Morgan fingerprint density at radius 3 is 1.33 bits per heavy atom. The average Bonchev–Trinajstić information content (AvgIpc) is 3.40. The zero-order valence-electron chi connectivity index (χ0n) is 48.3. The molecule has 1 aliphatic heterocycles. The second-order valence-corrected chi connectivity index (χ2v) is 22.3. The molecule has 0 aliphatic carbocycles. The SMILES string of the molecule is CC/C=C\C/C=C\C/C=C\C/C=C\C/C=C\CCCCCCCCCCCCOCC(COC1OC(CO)C(O)C(OS(=O)(=O)O)C1O)OC(=O)CCCCCCCCCCCCCCCCCCCCCCCCC. The van der Waals surface area contributed by atoms with Crippen molar-refractivity contribution < 1.29 is 56.2 Å². The highest BCUT2D eigenvalue weighted by molar-refractivity contribution is 7.80. The summed E-state index contributed by atoms with van der Waals surface area (Å²) in [6.45, 7) is 3.92. The molecule has 0 spiro atoms. The summed E-state index contributed by atoms with van der Waals surface area (Å²) >= 11 is 0. The van der Waals surface area contributed by atoms with Gasteiger partial charge in [-0.2, -0.15) is 8.42 Å². The molecular weight excluding hydrogens is 981 g/mol. The molecule has 0 bridgehead atoms. The number of hydrogen-bond acceptors (Lipinski definition) is 11. The van der Waals surface area contributed by atoms with Crippen molar-refractivity contribution in [3.8, 4) is 0 Å². The van der Waals surface area contributed by atoms with Crippen molar-refractivity contribution in [1.82, 2.24) is 0 Å². The fourth-order valence-electron chi connectivity index (χ4n) is 9.53. The topological polar surface area (TPSA) is 178 Å². The quantitative estimate of drug-likeness (QED) is 0.0196. The molecule has 1 saturated heterocycles. The minimum absolute atomic E-state index is 0.0338. The smallest absolute Gasteiger partial charge is 0.397 e. The largest absolute Gasteiger partial charge is 0.457 e. The summed E-state index contributed by atoms with van der Waals surface area (Å²) in [7, 11) is -5.07. The average molecular weight is 1100 g/mol. The van der Waals surface area contributed by atoms with Gasteiger partial charge in [0.25, 0.3) is 0 Å². The third-order valence-corrected chi connectivity index (χ3v) is 14.6. The van der Waals surface area contributed by atoms with Gasteiger partial charge in [0, 0.05) is 13.0 Å². The van der Waals surface area contributed by atoms with E-state index in [9.17, 15) is 33.1 Å². The van der Waals surface area contributed by atoms with Crippen LogP contribution in [0.25, 0.3) is 0 Å². The number of carbonyl (C=O) groups excluding carboxylic acids is 1. The predicted molar refractivity (Wildman–Crippen MR) is 313 cm³/mol. The van der Waals surface area contributed by atoms with E-state index in [-0.39, 0.29) is 19.6 Å². The summed E-state index contributed by atoms with van der Waals surface area (Å²) in [5.74, 6) is -0.396. The zero-order chi connectivity index (χ0) is 55.3. The Hall–Kier alpha value is -2.20. The molecule has 1 heterocycles. The molecule has 13 heteroatoms. The Balaban J connectivity index is 2.26. The molecule has 12 nitrogen and oxygen atoms in total. The lowest BCUT2D eigenvalue weighted by molar-refractivity contribution is -0.301. The monoisotopic (exact) mass is 1090 g/mol. The second-order valence-electron chi connectivity index (χ2n) is 21.3. The highest BCUT2D eigenvalue weighted by Gasteiger charge is 2.48. The van der Waals surface area contributed by atoms with E-state index < -0.39 is 59.8 Å². The maximum atomic E-state index is 13.0. The first-order valence-electron chi connectivity index (χ1n) is 31.0. The van der Waals surface area contributed by atoms with Crippen LogP contribution in [0.5, 0.6) is 0 Å². The molecule has 0 amide bonds. The molecule has 76 heavy (non-hydrogen) atoms. The molecule has 6 atom stereocenters. The van der Waals surface area contributed by atoms with Crippen LogP contribution in [0, 0.1) is 0 Å². The lowest BCUT2D eigenvalue weighted by Crippen LogP contribution is -2.60. The maximum Gasteiger partial charge on any atom is 0.397 e. The first-order valence-corrected chi connectivity index (χ1v) is 32.4. The van der Waals surface area contributed by atoms with Crippen molar-refractivity contribution >= 4 is 16.4 Å². The van der Waals surface area contributed by atoms with Crippen molar-refractivity contribution in [1.29, 1.82) is 0 Å². The van der Waals surface area contributed by atoms with Gasteiger partial charge in [-0.25, -0.2) is 4.18 Å². The zero-order valence-corrected chi connectivity index (χ0v) is 49.1. The van der Waals surface area contributed by atoms with E-state index in [4.69, 9.17) is 18.9 Å². The van der Waals surface area contributed by atoms with E-state index in [1.54, 1.807) is 0 Å². The van der Waals surface area contributed by atoms with Crippen LogP contribution in [0.15, 0.2) is 60.8 Å². The molecule has 6 unspecified atom stereocenters. The molecule has 0 aromatic rings. The predicted octanol–water partition coefficient (Wildman–Crippen LogP) is 16.0. The van der Waals surface area contributed by atoms with Gasteiger partial charge in [0.05, 0.1) is 19.8 Å². The maximum absolute atomic E-state index is 13.0. The lowest BCUT2D eigenvalue weighted by Gasteiger charge is -2.41. The highest BCUT2D eigenvalue weighted by atomic mass is 32.3. The number of carbonyl (C=O) groups is 1. The van der Waals surface area contributed by atoms with Gasteiger partial charge in [0.15, 0.2) is 6.29 Å². The van der Waals surface area contributed by atoms with E-state index in [1.807, 2.05) is 0 Å². The third kappa shape index (κ3) is 45.6. The van der Waals surface area contributed by atoms with E-state index in [2.05, 4.69) is 78.8 Å². The highest BCUT2D eigenvalue weighted by Crippen LogP contribution is 2.26. The standard InChI is InChI=1S/C63H114O12S/c1-3-5-7-9-11-13-15-17-19-21-23-25-27-28-29-31-33-35-37-39-41-43-45-47-49-51-53-71-55-57(56-72-63-61(67)62(75-76(68,69)70)60(66)58(54-64)74-63)73-59(65)52-50-48-46-44-42-40-38-36-34-32-30-26-24-22-20-18-16-14-12-10-8-6-4-2/h5,7,11,13,17,19,23,25,28-29,57-58,60-64,66-67H,3-4,6,8-10,12,14-16,18,20-22,24,26-27,30-56H2,1-2H3,(H,68,69,70)/b7-5-,13-11-,19-17-,25-23-,29-28-. The van der Waals surface area contributed by atoms with Crippen molar-refractivity contribution in [2.45, 2.75) is 307 Å². The van der Waals surface area contributed by atoms with Crippen molar-refractivity contribution in [2.75, 3.05) is 26.4 Å². The van der Waals surface area contributed by atoms with Crippen molar-refractivity contribution in [3.05, 3.63) is 60.8 Å². The number of ether oxygens (including phenoxy) is 4. The molecule has 0 radical (unpaired) electrons. The van der Waals surface area contributed by atoms with Crippen LogP contribution < -0.4 is 0 Å². The van der Waals surface area contributed by atoms with Crippen LogP contribution in [0.1, 0.15) is 271 Å². The number of allylic oxidation sites excluding steroid dienone is 10. The van der Waals surface area contributed by atoms with Crippen LogP contribution in [0.2, 0.25) is 0 Å². The number of aliphatic hydroxyl groups is 3. The molecule has 1 fully saturated rings. The van der Waals surface area contributed by atoms with Gasteiger partial charge in [-0.15, -0.1) is 0 Å². The molecule has 0 aromatic carbocycles. The lowest BCUT2D eigenvalue weighted by atomic mass is 9.99. The summed E-state index contributed by atoms with van der Waals surface area (Å²) in [6, 6.07) is 0. The first-order chi connectivity index (χ1) is 37.1. The van der Waals surface area contributed by atoms with E-state index in [1.165, 1.54) is 167 Å². The number of rotatable bonds is 55. The van der Waals surface area contributed by atoms with Gasteiger partial charge in [0.1, 0.15) is 30.5 Å². The van der Waals surface area contributed by atoms with E-state index >= 15 is 0 Å². The Morgan fingerprint density at radius 1 is 0.513 bits per heavy atom. The molecule has 0 saturated carbocycles. The Bertz CT molecular complexity index is 1550. The van der Waals surface area contributed by atoms with Crippen LogP contribution >= 0.6 is 0 Å². The van der Waals surface area contributed by atoms with Gasteiger partial charge in [-0.3, -0.25) is 9.35 Å². The van der Waals surface area contributed by atoms with Crippen LogP contribution in [0.4, 0.5) is 0 Å². The van der Waals surface area contributed by atoms with Crippen LogP contribution in [0.3, 0.4) is 0 Å². The van der Waals surface area contributed by atoms with Gasteiger partial charge in [-0.05, 0) is 57.8 Å². The molecule has 4 N–H and O–H groups in total. The second kappa shape index (κ2) is 53.4. The van der Waals surface area contributed by atoms with Gasteiger partial charge in [-0.1, -0.05) is 267 Å². The third-order valence-electron chi connectivity index (χ3n) is 14.2. The van der Waals surface area contributed by atoms with Gasteiger partial charge >= 0.3 is 16.4 Å². The Morgan fingerprint density at radius 2 is 0.908 bits per heavy atom. The van der Waals surface area contributed by atoms with E-state index in [0.717, 1.165) is 77.0 Å². The number of hydrogen-bond donors (Lipinski definition) is 4. The summed E-state index contributed by atoms with van der Waals surface area (Å²) in [5, 5.41) is 30.9. The molecule has 0 aromatic heterocycles. The Labute approximate surface area is 465 Å². The molecular formula is C63H114O12S. The minimum atomic E-state index is -5.07. The molecule has 444 valence electrons. The first kappa shape index (κ1) is 71.8. The van der Waals surface area contributed by atoms with Crippen molar-refractivity contribution in [2.24, 2.45) is 0 Å². The molecule has 1 rings (SSSR count). The van der Waals surface area contributed by atoms with Crippen molar-refractivity contribution in [3.63, 3.8) is 0 Å². The van der Waals surface area contributed by atoms with E-state index in [0.29, 0.717) is 13.0 Å². The van der Waals surface area contributed by atoms with Crippen LogP contribution in [-0.4, -0.2) is 97.5 Å². The Kier molecular flexibility index (Phi) is 50.5. The summed E-state index contributed by atoms with van der Waals surface area (Å²) in [6.07, 6.45) is 61.2. The van der Waals surface area contributed by atoms with Gasteiger partial charge in [0.2, 0.25) is 0 Å². The minimum Gasteiger partial charge on any atom is -0.457 e. The summed E-state index contributed by atoms with van der Waals surface area (Å²) in [5.41, 5.74) is 0. The number of esters is 1. The van der Waals surface area contributed by atoms with Crippen LogP contribution in [-0.2, 0) is 38.3 Å². The fraction of sp³-hybridized carbons (Fsp3) is 0.825. The summed E-state index contributed by atoms with van der Waals surface area (Å²) < 4.78 is 59.5. The number of unbranched alkanes of at least 4 members (excludes halogenated alkanes) is 32. The normalized spacial score (nSPS) is 18.9. The summed E-state index contributed by atoms with van der Waals surface area (Å²) in [4.78, 5) is 13.0.